The number of carbonyl (C=O) groups excluding carboxylic acids is 4. The number of hydrogen-bond donors (Lipinski definition) is 11. The van der Waals surface area contributed by atoms with Gasteiger partial charge in [0.1, 0.15) is 0 Å². The molecule has 22 nitrogen and oxygen atoms in total. The molecule has 0 radical (unpaired) electrons. The highest BCUT2D eigenvalue weighted by Gasteiger charge is 2.31. The average molecular weight is 1080 g/mol. The maximum Gasteiger partial charge on any atom is 0.335 e. The van der Waals surface area contributed by atoms with Gasteiger partial charge in [-0.05, 0) is 130 Å². The highest BCUT2D eigenvalue weighted by atomic mass is 16.7. The first kappa shape index (κ1) is 55.6. The molecule has 3 fully saturated rings. The van der Waals surface area contributed by atoms with Crippen molar-refractivity contribution in [3.63, 3.8) is 0 Å². The predicted molar refractivity (Wildman–Crippen MR) is 281 cm³/mol. The SMILES string of the molecule is N[C@@H]1CCCC[C@@H]1N.O=C(N[C@@H]1CCCC[C@H]1NC(=O)c1ccc(O)c(O)c1)c1ccc(O)c(O)c1.O=C(N[C@@H]1CCCC[C@H]1NC(=O)c1ccc2c(c1)OCO2)c1ccc2c(c1)OCO2.O=C(O)c1ccc2c(c1)OCO2. The maximum absolute atomic E-state index is 12.8. The predicted octanol–water partition coefficient (Wildman–Crippen LogP) is 5.92. The molecule has 6 aliphatic rings. The minimum atomic E-state index is -0.965. The number of carboxylic acid groups (broad SMARTS) is 1. The first-order chi connectivity index (χ1) is 37.6. The lowest BCUT2D eigenvalue weighted by Crippen LogP contribution is -2.53. The Morgan fingerprint density at radius 1 is 0.359 bits per heavy atom. The number of nitrogens with two attached hydrogens (primary N) is 2. The molecule has 0 saturated heterocycles. The van der Waals surface area contributed by atoms with Gasteiger partial charge in [-0.1, -0.05) is 38.5 Å². The van der Waals surface area contributed by atoms with E-state index in [0.717, 1.165) is 51.4 Å². The molecule has 22 heteroatoms. The van der Waals surface area contributed by atoms with Gasteiger partial charge in [0.2, 0.25) is 20.4 Å². The highest BCUT2D eigenvalue weighted by Crippen LogP contribution is 2.35. The summed E-state index contributed by atoms with van der Waals surface area (Å²) in [6.07, 6.45) is 11.6. The smallest absolute Gasteiger partial charge is 0.335 e. The molecule has 0 aromatic heterocycles. The van der Waals surface area contributed by atoms with Gasteiger partial charge in [-0.15, -0.1) is 0 Å². The third-order valence-electron chi connectivity index (χ3n) is 14.0. The molecular formula is C56H64N6O16. The fraction of sp³-hybridized carbons (Fsp3) is 0.375. The number of rotatable bonds is 9. The van der Waals surface area contributed by atoms with Crippen LogP contribution in [-0.2, 0) is 0 Å². The Morgan fingerprint density at radius 3 is 0.936 bits per heavy atom. The molecule has 414 valence electrons. The molecule has 11 rings (SSSR count). The molecule has 13 N–H and O–H groups in total. The maximum atomic E-state index is 12.8. The molecule has 4 amide bonds. The number of hydrogen-bond acceptors (Lipinski definition) is 17. The van der Waals surface area contributed by atoms with Crippen molar-refractivity contribution < 1.29 is 77.9 Å². The van der Waals surface area contributed by atoms with Crippen molar-refractivity contribution in [2.75, 3.05) is 20.4 Å². The number of benzene rings is 5. The van der Waals surface area contributed by atoms with Crippen LogP contribution in [0.4, 0.5) is 0 Å². The summed E-state index contributed by atoms with van der Waals surface area (Å²) in [4.78, 5) is 61.1. The molecule has 0 bridgehead atoms. The Bertz CT molecular complexity index is 2810. The van der Waals surface area contributed by atoms with Gasteiger partial charge < -0.3 is 86.7 Å². The van der Waals surface area contributed by atoms with Crippen molar-refractivity contribution in [1.29, 1.82) is 0 Å². The van der Waals surface area contributed by atoms with E-state index in [4.69, 9.17) is 45.0 Å². The van der Waals surface area contributed by atoms with Gasteiger partial charge in [0, 0.05) is 58.5 Å². The summed E-state index contributed by atoms with van der Waals surface area (Å²) in [7, 11) is 0. The highest BCUT2D eigenvalue weighted by molar-refractivity contribution is 5.97. The lowest BCUT2D eigenvalue weighted by Gasteiger charge is -2.33. The van der Waals surface area contributed by atoms with Crippen LogP contribution in [0.1, 0.15) is 129 Å². The molecule has 0 unspecified atom stereocenters. The number of phenolic OH excluding ortho intramolecular Hbond substituents is 4. The quantitative estimate of drug-likeness (QED) is 0.0763. The van der Waals surface area contributed by atoms with Crippen LogP contribution in [0.5, 0.6) is 57.5 Å². The van der Waals surface area contributed by atoms with Crippen LogP contribution in [-0.4, -0.2) is 112 Å². The zero-order chi connectivity index (χ0) is 55.3. The number of phenols is 4. The van der Waals surface area contributed by atoms with E-state index in [9.17, 15) is 44.4 Å². The summed E-state index contributed by atoms with van der Waals surface area (Å²) in [5, 5.41) is 58.4. The molecule has 3 aliphatic carbocycles. The number of aromatic hydroxyl groups is 4. The molecule has 5 aromatic carbocycles. The zero-order valence-electron chi connectivity index (χ0n) is 42.6. The minimum absolute atomic E-state index is 0.144. The fourth-order valence-electron chi connectivity index (χ4n) is 9.58. The van der Waals surface area contributed by atoms with Crippen molar-refractivity contribution in [3.8, 4) is 57.5 Å². The van der Waals surface area contributed by atoms with E-state index >= 15 is 0 Å². The van der Waals surface area contributed by atoms with Crippen molar-refractivity contribution in [2.45, 2.75) is 113 Å². The monoisotopic (exact) mass is 1080 g/mol. The van der Waals surface area contributed by atoms with Crippen LogP contribution >= 0.6 is 0 Å². The third-order valence-corrected chi connectivity index (χ3v) is 14.0. The molecule has 6 atom stereocenters. The Hall–Kier alpha value is -8.63. The van der Waals surface area contributed by atoms with Gasteiger partial charge in [-0.25, -0.2) is 4.79 Å². The summed E-state index contributed by atoms with van der Waals surface area (Å²) in [6.45, 7) is 0.492. The number of carbonyl (C=O) groups is 5. The Kier molecular flexibility index (Phi) is 18.5. The summed E-state index contributed by atoms with van der Waals surface area (Å²) >= 11 is 0. The standard InChI is InChI=1S/C22H22N2O6.C20H22N2O6.C8H6O4.C6H14N2/c25-21(13-5-7-17-19(9-13)29-11-27-17)23-15-3-1-2-4-16(15)24-22(26)14-6-8-18-20(10-14)30-12-28-18;23-15-7-5-11(9-17(15)25)19(27)21-13-3-1-2-4-14(13)22-20(28)12-6-8-16(24)18(26)10-12;9-8(10)5-1-2-6-7(3-5)12-4-11-6;7-5-3-1-2-4-6(5)8/h5-10,15-16H,1-4,11-12H2,(H,23,25)(H,24,26);5-10,13-14,23-26H,1-4H2,(H,21,27)(H,22,28);1-3H,4H2,(H,9,10);5-6H,1-4,7-8H2/t15-,16-;13-,14-;;5-,6+/m11../s1. The number of nitrogens with one attached hydrogen (secondary N) is 4. The first-order valence-electron chi connectivity index (χ1n) is 25.8. The normalized spacial score (nSPS) is 21.1. The Balaban J connectivity index is 0.000000153. The minimum Gasteiger partial charge on any atom is -0.504 e. The van der Waals surface area contributed by atoms with Crippen molar-refractivity contribution >= 4 is 29.6 Å². The number of fused-ring (bicyclic) bond motifs is 3. The fourth-order valence-corrected chi connectivity index (χ4v) is 9.58. The molecule has 5 aromatic rings. The second-order valence-electron chi connectivity index (χ2n) is 19.4. The van der Waals surface area contributed by atoms with Gasteiger partial charge >= 0.3 is 5.97 Å². The van der Waals surface area contributed by atoms with Crippen LogP contribution < -0.4 is 61.2 Å². The van der Waals surface area contributed by atoms with Gasteiger partial charge in [-0.2, -0.15) is 0 Å². The molecule has 3 heterocycles. The first-order valence-corrected chi connectivity index (χ1v) is 25.8. The molecule has 78 heavy (non-hydrogen) atoms. The summed E-state index contributed by atoms with van der Waals surface area (Å²) in [5.41, 5.74) is 12.9. The second-order valence-corrected chi connectivity index (χ2v) is 19.4. The summed E-state index contributed by atoms with van der Waals surface area (Å²) in [5.74, 6) is -0.0515. The lowest BCUT2D eigenvalue weighted by atomic mass is 9.89. The van der Waals surface area contributed by atoms with Crippen LogP contribution in [0.2, 0.25) is 0 Å². The lowest BCUT2D eigenvalue weighted by molar-refractivity contribution is 0.0695. The van der Waals surface area contributed by atoms with E-state index in [1.165, 1.54) is 61.4 Å². The van der Waals surface area contributed by atoms with E-state index in [1.54, 1.807) is 42.5 Å². The average Bonchev–Trinajstić information content (AvgIpc) is 4.25. The number of aromatic carboxylic acids is 1. The summed E-state index contributed by atoms with van der Waals surface area (Å²) < 4.78 is 31.3. The Morgan fingerprint density at radius 2 is 0.628 bits per heavy atom. The molecule has 0 spiro atoms. The van der Waals surface area contributed by atoms with Crippen LogP contribution in [0.25, 0.3) is 0 Å². The molecular weight excluding hydrogens is 1010 g/mol. The number of ether oxygens (including phenoxy) is 6. The number of carboxylic acids is 1. The van der Waals surface area contributed by atoms with Crippen molar-refractivity contribution in [1.82, 2.24) is 21.3 Å². The molecule has 3 saturated carbocycles. The summed E-state index contributed by atoms with van der Waals surface area (Å²) in [6, 6.07) is 22.1. The van der Waals surface area contributed by atoms with Gasteiger partial charge in [0.05, 0.1) is 5.56 Å². The van der Waals surface area contributed by atoms with Crippen molar-refractivity contribution in [3.05, 3.63) is 119 Å². The largest absolute Gasteiger partial charge is 0.504 e. The van der Waals surface area contributed by atoms with Crippen LogP contribution in [0.15, 0.2) is 91.0 Å². The van der Waals surface area contributed by atoms with E-state index in [0.29, 0.717) is 58.5 Å². The Labute approximate surface area is 448 Å². The van der Waals surface area contributed by atoms with Gasteiger partial charge in [0.25, 0.3) is 23.6 Å². The third kappa shape index (κ3) is 14.4. The van der Waals surface area contributed by atoms with E-state index in [-0.39, 0.29) is 108 Å². The number of amides is 4. The van der Waals surface area contributed by atoms with E-state index in [1.807, 2.05) is 0 Å². The second kappa shape index (κ2) is 25.9. The topological polar surface area (TPSA) is 342 Å². The van der Waals surface area contributed by atoms with Crippen molar-refractivity contribution in [2.24, 2.45) is 11.5 Å². The van der Waals surface area contributed by atoms with Crippen LogP contribution in [0.3, 0.4) is 0 Å². The zero-order valence-corrected chi connectivity index (χ0v) is 42.6. The van der Waals surface area contributed by atoms with E-state index < -0.39 is 17.8 Å². The molecule has 3 aliphatic heterocycles. The van der Waals surface area contributed by atoms with Gasteiger partial charge in [-0.3, -0.25) is 19.2 Å². The van der Waals surface area contributed by atoms with Crippen LogP contribution in [0, 0.1) is 0 Å². The van der Waals surface area contributed by atoms with E-state index in [2.05, 4.69) is 21.3 Å². The van der Waals surface area contributed by atoms with Gasteiger partial charge in [0.15, 0.2) is 57.5 Å².